The van der Waals surface area contributed by atoms with Crippen LogP contribution in [0.5, 0.6) is 0 Å². The van der Waals surface area contributed by atoms with Crippen molar-refractivity contribution in [2.75, 3.05) is 45.6 Å². The molecule has 2 heterocycles. The molecule has 0 amide bonds. The van der Waals surface area contributed by atoms with Crippen molar-refractivity contribution in [3.63, 3.8) is 0 Å². The van der Waals surface area contributed by atoms with Crippen LogP contribution < -0.4 is 11.1 Å². The van der Waals surface area contributed by atoms with E-state index < -0.39 is 11.9 Å². The van der Waals surface area contributed by atoms with E-state index in [1.165, 1.54) is 54.1 Å². The number of nitrogens with one attached hydrogen (secondary N) is 1. The van der Waals surface area contributed by atoms with E-state index in [1.54, 1.807) is 0 Å². The molecule has 3 aliphatic rings. The van der Waals surface area contributed by atoms with Gasteiger partial charge in [0.2, 0.25) is 0 Å². The van der Waals surface area contributed by atoms with Gasteiger partial charge in [0, 0.05) is 44.0 Å². The van der Waals surface area contributed by atoms with E-state index >= 15 is 0 Å². The summed E-state index contributed by atoms with van der Waals surface area (Å²) in [5.41, 5.74) is 8.37. The number of fused-ring (bicyclic) bond motifs is 1. The van der Waals surface area contributed by atoms with Crippen LogP contribution in [-0.2, 0) is 9.59 Å². The molecule has 0 radical (unpaired) electrons. The van der Waals surface area contributed by atoms with Gasteiger partial charge in [0.1, 0.15) is 0 Å². The minimum atomic E-state index is -0.638. The highest BCUT2D eigenvalue weighted by atomic mass is 16.4. The number of benzene rings is 3. The summed E-state index contributed by atoms with van der Waals surface area (Å²) >= 11 is 0. The molecule has 0 unspecified atom stereocenters. The zero-order chi connectivity index (χ0) is 35.1. The van der Waals surface area contributed by atoms with Crippen LogP contribution in [0.4, 0.5) is 5.69 Å². The van der Waals surface area contributed by atoms with Crippen LogP contribution in [0.3, 0.4) is 0 Å². The van der Waals surface area contributed by atoms with Crippen molar-refractivity contribution >= 4 is 28.4 Å². The quantitative estimate of drug-likeness (QED) is 0.205. The number of carboxylic acid groups (broad SMARTS) is 2. The average Bonchev–Trinajstić information content (AvgIpc) is 3.68. The van der Waals surface area contributed by atoms with Crippen molar-refractivity contribution < 1.29 is 19.8 Å². The predicted molar refractivity (Wildman–Crippen MR) is 198 cm³/mol. The van der Waals surface area contributed by atoms with Crippen LogP contribution in [0, 0.1) is 23.7 Å². The molecule has 0 spiro atoms. The van der Waals surface area contributed by atoms with E-state index in [9.17, 15) is 9.59 Å². The van der Waals surface area contributed by atoms with E-state index in [-0.39, 0.29) is 17.9 Å². The summed E-state index contributed by atoms with van der Waals surface area (Å²) < 4.78 is 0. The largest absolute Gasteiger partial charge is 0.481 e. The van der Waals surface area contributed by atoms with Crippen LogP contribution in [0.25, 0.3) is 10.8 Å². The van der Waals surface area contributed by atoms with Crippen LogP contribution in [0.1, 0.15) is 77.3 Å². The third-order valence-corrected chi connectivity index (χ3v) is 9.99. The molecule has 3 aromatic rings. The van der Waals surface area contributed by atoms with Gasteiger partial charge in [0.25, 0.3) is 0 Å². The Morgan fingerprint density at radius 3 is 1.73 bits per heavy atom. The number of hydrogen-bond acceptors (Lipinski definition) is 6. The van der Waals surface area contributed by atoms with Gasteiger partial charge in [-0.25, -0.2) is 0 Å². The molecule has 6 rings (SSSR count). The van der Waals surface area contributed by atoms with Crippen molar-refractivity contribution in [3.8, 4) is 0 Å². The molecule has 2 saturated heterocycles. The lowest BCUT2D eigenvalue weighted by Crippen LogP contribution is -2.21. The Morgan fingerprint density at radius 1 is 0.750 bits per heavy atom. The zero-order valence-electron chi connectivity index (χ0n) is 29.9. The molecule has 5 N–H and O–H groups in total. The molecule has 0 bridgehead atoms. The first-order valence-electron chi connectivity index (χ1n) is 17.9. The van der Waals surface area contributed by atoms with E-state index in [0.717, 1.165) is 32.0 Å². The van der Waals surface area contributed by atoms with Crippen molar-refractivity contribution in [2.45, 2.75) is 77.8 Å². The highest BCUT2D eigenvalue weighted by Crippen LogP contribution is 2.26. The molecule has 48 heavy (non-hydrogen) atoms. The number of aliphatic carboxylic acids is 2. The molecular weight excluding hydrogens is 600 g/mol. The smallest absolute Gasteiger partial charge is 0.308 e. The number of hydrogen-bond donors (Lipinski definition) is 4. The maximum absolute atomic E-state index is 10.7. The Hall–Kier alpha value is -3.46. The first-order valence-corrected chi connectivity index (χ1v) is 17.9. The number of para-hydroxylation sites is 1. The first kappa shape index (κ1) is 39.0. The number of carbonyl (C=O) groups is 2. The fraction of sp³-hybridized carbons (Fsp3) is 0.550. The second kappa shape index (κ2) is 20.1. The summed E-state index contributed by atoms with van der Waals surface area (Å²) in [5, 5.41) is 23.7. The van der Waals surface area contributed by atoms with Crippen molar-refractivity contribution in [1.29, 1.82) is 0 Å². The van der Waals surface area contributed by atoms with Crippen molar-refractivity contribution in [3.05, 3.63) is 78.4 Å². The van der Waals surface area contributed by atoms with Crippen LogP contribution in [0.15, 0.2) is 72.8 Å². The predicted octanol–water partition coefficient (Wildman–Crippen LogP) is 7.61. The molecule has 3 fully saturated rings. The highest BCUT2D eigenvalue weighted by Gasteiger charge is 2.35. The number of rotatable bonds is 7. The lowest BCUT2D eigenvalue weighted by molar-refractivity contribution is -0.143. The standard InChI is InChI=1S/C12H13N.C12H17N.2C8H15NO2/c1-9(13)11-8-4-6-10-5-2-3-7-12(10)11;1-3-7-11(8-4-1)13-12-9-5-2-6-10-12;2*1-3-6-4-9(2)5-7(6)8(10)11/h2-9H,13H2,1H3;1,3-4,7-8,12-13H,2,5-6,9-10H2;2*6-7H,3-5H2,1-2H3,(H,10,11)/t9-;;2*6-,7+/m1.11/s1. The van der Waals surface area contributed by atoms with E-state index in [4.69, 9.17) is 15.9 Å². The van der Waals surface area contributed by atoms with E-state index in [0.29, 0.717) is 24.9 Å². The number of nitrogens with two attached hydrogens (primary N) is 1. The highest BCUT2D eigenvalue weighted by molar-refractivity contribution is 5.86. The minimum absolute atomic E-state index is 0.103. The zero-order valence-corrected chi connectivity index (χ0v) is 29.9. The average molecular weight is 661 g/mol. The first-order chi connectivity index (χ1) is 23.0. The second-order valence-electron chi connectivity index (χ2n) is 13.9. The van der Waals surface area contributed by atoms with Gasteiger partial charge in [-0.1, -0.05) is 107 Å². The SMILES string of the molecule is CC[C@@H]1CN(C)C[C@@H]1C(=O)O.CC[C@@H]1CN(C)C[C@@H]1C(=O)O.C[C@@H](N)c1cccc2ccccc12.c1ccc(NC2CCCCC2)cc1. The maximum Gasteiger partial charge on any atom is 0.308 e. The molecule has 3 aromatic carbocycles. The lowest BCUT2D eigenvalue weighted by Gasteiger charge is -2.23. The van der Waals surface area contributed by atoms with Crippen LogP contribution >= 0.6 is 0 Å². The molecule has 1 saturated carbocycles. The van der Waals surface area contributed by atoms with E-state index in [2.05, 4.69) is 89.6 Å². The molecular formula is C40H60N4O4. The van der Waals surface area contributed by atoms with Gasteiger partial charge >= 0.3 is 11.9 Å². The van der Waals surface area contributed by atoms with Gasteiger partial charge in [-0.3, -0.25) is 9.59 Å². The summed E-state index contributed by atoms with van der Waals surface area (Å²) in [6, 6.07) is 25.9. The Morgan fingerprint density at radius 2 is 1.25 bits per heavy atom. The molecule has 264 valence electrons. The minimum Gasteiger partial charge on any atom is -0.481 e. The molecule has 0 aromatic heterocycles. The summed E-state index contributed by atoms with van der Waals surface area (Å²) in [5.74, 6) is -0.826. The van der Waals surface area contributed by atoms with Gasteiger partial charge in [0.15, 0.2) is 0 Å². The Balaban J connectivity index is 0.000000174. The van der Waals surface area contributed by atoms with E-state index in [1.807, 2.05) is 33.2 Å². The summed E-state index contributed by atoms with van der Waals surface area (Å²) in [7, 11) is 3.96. The normalized spacial score (nSPS) is 23.5. The van der Waals surface area contributed by atoms with Gasteiger partial charge in [-0.05, 0) is 74.2 Å². The van der Waals surface area contributed by atoms with Crippen LogP contribution in [-0.4, -0.2) is 78.3 Å². The van der Waals surface area contributed by atoms with Crippen LogP contribution in [0.2, 0.25) is 0 Å². The molecule has 2 aliphatic heterocycles. The van der Waals surface area contributed by atoms with Gasteiger partial charge in [0.05, 0.1) is 11.8 Å². The Kier molecular flexibility index (Phi) is 16.4. The summed E-state index contributed by atoms with van der Waals surface area (Å²) in [6.07, 6.45) is 8.84. The maximum atomic E-state index is 10.7. The Bertz CT molecular complexity index is 1340. The topological polar surface area (TPSA) is 119 Å². The summed E-state index contributed by atoms with van der Waals surface area (Å²) in [4.78, 5) is 25.6. The lowest BCUT2D eigenvalue weighted by atomic mass is 9.94. The molecule has 8 heteroatoms. The number of likely N-dealkylation sites (tertiary alicyclic amines) is 2. The fourth-order valence-electron chi connectivity index (χ4n) is 7.23. The van der Waals surface area contributed by atoms with Crippen molar-refractivity contribution in [2.24, 2.45) is 29.4 Å². The third-order valence-electron chi connectivity index (χ3n) is 9.99. The van der Waals surface area contributed by atoms with Gasteiger partial charge < -0.3 is 31.1 Å². The fourth-order valence-corrected chi connectivity index (χ4v) is 7.23. The molecule has 8 nitrogen and oxygen atoms in total. The monoisotopic (exact) mass is 660 g/mol. The second-order valence-corrected chi connectivity index (χ2v) is 13.9. The number of anilines is 1. The Labute approximate surface area is 288 Å². The van der Waals surface area contributed by atoms with Gasteiger partial charge in [-0.2, -0.15) is 0 Å². The van der Waals surface area contributed by atoms with Crippen molar-refractivity contribution in [1.82, 2.24) is 9.80 Å². The number of nitrogens with zero attached hydrogens (tertiary/aromatic N) is 2. The van der Waals surface area contributed by atoms with Gasteiger partial charge in [-0.15, -0.1) is 0 Å². The third kappa shape index (κ3) is 12.2. The number of carboxylic acids is 2. The summed E-state index contributed by atoms with van der Waals surface area (Å²) in [6.45, 7) is 9.43. The molecule has 5 atom stereocenters. The molecule has 1 aliphatic carbocycles.